The van der Waals surface area contributed by atoms with E-state index in [4.69, 9.17) is 9.47 Å². The molecular formula is C21H34IN5O2. The number of benzene rings is 1. The normalized spacial score (nSPS) is 12.1. The largest absolute Gasteiger partial charge is 0.490 e. The highest BCUT2D eigenvalue weighted by Gasteiger charge is 2.12. The zero-order valence-electron chi connectivity index (χ0n) is 18.1. The molecule has 0 aliphatic carbocycles. The Morgan fingerprint density at radius 1 is 1.17 bits per heavy atom. The smallest absolute Gasteiger partial charge is 0.191 e. The Hall–Kier alpha value is -1.97. The lowest BCUT2D eigenvalue weighted by Crippen LogP contribution is -2.39. The molecule has 1 atom stereocenters. The monoisotopic (exact) mass is 515 g/mol. The molecule has 1 heterocycles. The molecular weight excluding hydrogens is 481 g/mol. The van der Waals surface area contributed by atoms with E-state index in [0.717, 1.165) is 41.7 Å². The number of rotatable bonds is 10. The third kappa shape index (κ3) is 8.12. The number of hydrogen-bond donors (Lipinski definition) is 2. The lowest BCUT2D eigenvalue weighted by molar-refractivity contribution is 0.287. The molecule has 1 unspecified atom stereocenters. The van der Waals surface area contributed by atoms with Crippen molar-refractivity contribution < 1.29 is 9.47 Å². The van der Waals surface area contributed by atoms with E-state index in [-0.39, 0.29) is 30.0 Å². The van der Waals surface area contributed by atoms with E-state index in [9.17, 15) is 0 Å². The van der Waals surface area contributed by atoms with Crippen molar-refractivity contribution in [3.8, 4) is 11.5 Å². The predicted molar refractivity (Wildman–Crippen MR) is 129 cm³/mol. The molecule has 162 valence electrons. The van der Waals surface area contributed by atoms with Crippen molar-refractivity contribution in [2.75, 3.05) is 26.3 Å². The van der Waals surface area contributed by atoms with E-state index in [0.29, 0.717) is 19.8 Å². The molecule has 0 radical (unpaired) electrons. The van der Waals surface area contributed by atoms with Crippen LogP contribution in [0.5, 0.6) is 11.5 Å². The number of guanidine groups is 1. The highest BCUT2D eigenvalue weighted by Crippen LogP contribution is 2.30. The van der Waals surface area contributed by atoms with Crippen molar-refractivity contribution in [2.24, 2.45) is 4.99 Å². The van der Waals surface area contributed by atoms with Gasteiger partial charge in [0.05, 0.1) is 38.5 Å². The number of aliphatic imine (C=N–C) groups is 1. The van der Waals surface area contributed by atoms with Crippen LogP contribution in [0.4, 0.5) is 0 Å². The van der Waals surface area contributed by atoms with E-state index < -0.39 is 0 Å². The minimum Gasteiger partial charge on any atom is -0.490 e. The molecule has 7 nitrogen and oxygen atoms in total. The molecule has 2 rings (SSSR count). The van der Waals surface area contributed by atoms with Gasteiger partial charge in [0.1, 0.15) is 0 Å². The van der Waals surface area contributed by atoms with Crippen LogP contribution in [0.15, 0.2) is 35.6 Å². The van der Waals surface area contributed by atoms with E-state index in [1.54, 1.807) is 0 Å². The van der Waals surface area contributed by atoms with Gasteiger partial charge in [-0.1, -0.05) is 6.07 Å². The Morgan fingerprint density at radius 2 is 1.90 bits per heavy atom. The summed E-state index contributed by atoms with van der Waals surface area (Å²) in [7, 11) is 0. The Bertz CT molecular complexity index is 763. The van der Waals surface area contributed by atoms with Gasteiger partial charge in [-0.15, -0.1) is 24.0 Å². The third-order valence-corrected chi connectivity index (χ3v) is 4.13. The van der Waals surface area contributed by atoms with Gasteiger partial charge >= 0.3 is 0 Å². The fraction of sp³-hybridized carbons (Fsp3) is 0.524. The highest BCUT2D eigenvalue weighted by molar-refractivity contribution is 14.0. The van der Waals surface area contributed by atoms with Crippen LogP contribution in [0.2, 0.25) is 0 Å². The lowest BCUT2D eigenvalue weighted by atomic mass is 10.1. The van der Waals surface area contributed by atoms with Crippen molar-refractivity contribution in [3.05, 3.63) is 41.7 Å². The minimum atomic E-state index is 0. The van der Waals surface area contributed by atoms with E-state index >= 15 is 0 Å². The molecule has 0 saturated heterocycles. The molecule has 29 heavy (non-hydrogen) atoms. The summed E-state index contributed by atoms with van der Waals surface area (Å²) in [5.41, 5.74) is 2.27. The lowest BCUT2D eigenvalue weighted by Gasteiger charge is -2.20. The number of aryl methyl sites for hydroxylation is 1. The van der Waals surface area contributed by atoms with Gasteiger partial charge in [0.2, 0.25) is 0 Å². The molecule has 0 aliphatic rings. The third-order valence-electron chi connectivity index (χ3n) is 4.13. The van der Waals surface area contributed by atoms with E-state index in [1.165, 1.54) is 0 Å². The molecule has 2 aromatic rings. The Labute approximate surface area is 191 Å². The van der Waals surface area contributed by atoms with Crippen LogP contribution >= 0.6 is 24.0 Å². The number of nitrogens with one attached hydrogen (secondary N) is 2. The first-order chi connectivity index (χ1) is 13.6. The second-order valence-electron chi connectivity index (χ2n) is 6.48. The topological polar surface area (TPSA) is 72.7 Å². The van der Waals surface area contributed by atoms with Gasteiger partial charge in [-0.3, -0.25) is 9.67 Å². The first-order valence-corrected chi connectivity index (χ1v) is 10.0. The van der Waals surface area contributed by atoms with Crippen LogP contribution in [0, 0.1) is 6.92 Å². The maximum atomic E-state index is 5.74. The standard InChI is InChI=1S/C21H33N5O2.HI/c1-6-22-21(23-11-12-26-15-16(4)14-24-26)25-17(5)18-9-10-19(27-7-2)20(13-18)28-8-3;/h9-10,13-15,17H,6-8,11-12H2,1-5H3,(H2,22,23,25);1H. The molecule has 8 heteroatoms. The number of ether oxygens (including phenoxy) is 2. The number of nitrogens with zero attached hydrogens (tertiary/aromatic N) is 3. The molecule has 0 aliphatic heterocycles. The van der Waals surface area contributed by atoms with Gasteiger partial charge < -0.3 is 20.1 Å². The maximum Gasteiger partial charge on any atom is 0.191 e. The van der Waals surface area contributed by atoms with Crippen molar-refractivity contribution >= 4 is 29.9 Å². The van der Waals surface area contributed by atoms with Crippen LogP contribution in [-0.4, -0.2) is 42.0 Å². The van der Waals surface area contributed by atoms with Crippen LogP contribution in [0.3, 0.4) is 0 Å². The average molecular weight is 515 g/mol. The van der Waals surface area contributed by atoms with Crippen LogP contribution in [0.1, 0.15) is 44.9 Å². The summed E-state index contributed by atoms with van der Waals surface area (Å²) in [4.78, 5) is 4.67. The van der Waals surface area contributed by atoms with Crippen molar-refractivity contribution in [1.82, 2.24) is 20.4 Å². The fourth-order valence-electron chi connectivity index (χ4n) is 2.80. The van der Waals surface area contributed by atoms with Gasteiger partial charge in [-0.25, -0.2) is 0 Å². The second-order valence-corrected chi connectivity index (χ2v) is 6.48. The zero-order chi connectivity index (χ0) is 20.4. The van der Waals surface area contributed by atoms with Crippen molar-refractivity contribution in [2.45, 2.75) is 47.2 Å². The molecule has 2 N–H and O–H groups in total. The molecule has 0 fully saturated rings. The molecule has 0 bridgehead atoms. The minimum absolute atomic E-state index is 0. The second kappa shape index (κ2) is 13.3. The first kappa shape index (κ1) is 25.1. The van der Waals surface area contributed by atoms with Crippen molar-refractivity contribution in [3.63, 3.8) is 0 Å². The summed E-state index contributed by atoms with van der Waals surface area (Å²) in [6.45, 7) is 13.5. The summed E-state index contributed by atoms with van der Waals surface area (Å²) in [5.74, 6) is 2.33. The van der Waals surface area contributed by atoms with Crippen LogP contribution < -0.4 is 20.1 Å². The van der Waals surface area contributed by atoms with E-state index in [2.05, 4.69) is 40.6 Å². The number of aromatic nitrogens is 2. The van der Waals surface area contributed by atoms with Gasteiger partial charge in [0.25, 0.3) is 0 Å². The molecule has 1 aromatic heterocycles. The summed E-state index contributed by atoms with van der Waals surface area (Å²) in [5, 5.41) is 11.1. The number of halogens is 1. The summed E-state index contributed by atoms with van der Waals surface area (Å²) in [6.07, 6.45) is 3.88. The maximum absolute atomic E-state index is 5.74. The van der Waals surface area contributed by atoms with Crippen LogP contribution in [-0.2, 0) is 6.54 Å². The molecule has 1 aromatic carbocycles. The predicted octanol–water partition coefficient (Wildman–Crippen LogP) is 3.92. The Balaban J connectivity index is 0.00000420. The molecule has 0 spiro atoms. The van der Waals surface area contributed by atoms with Gasteiger partial charge in [-0.2, -0.15) is 5.10 Å². The van der Waals surface area contributed by atoms with Gasteiger partial charge in [-0.05, 0) is 57.9 Å². The zero-order valence-corrected chi connectivity index (χ0v) is 20.4. The van der Waals surface area contributed by atoms with E-state index in [1.807, 2.05) is 50.0 Å². The molecule has 0 amide bonds. The summed E-state index contributed by atoms with van der Waals surface area (Å²) >= 11 is 0. The quantitative estimate of drug-likeness (QED) is 0.285. The average Bonchev–Trinajstić information content (AvgIpc) is 3.08. The van der Waals surface area contributed by atoms with Gasteiger partial charge in [0.15, 0.2) is 17.5 Å². The number of hydrogen-bond acceptors (Lipinski definition) is 4. The SMILES string of the molecule is CCNC(=NCCn1cc(C)cn1)NC(C)c1ccc(OCC)c(OCC)c1.I. The first-order valence-electron chi connectivity index (χ1n) is 10.0. The van der Waals surface area contributed by atoms with Crippen LogP contribution in [0.25, 0.3) is 0 Å². The van der Waals surface area contributed by atoms with Gasteiger partial charge in [0, 0.05) is 12.7 Å². The summed E-state index contributed by atoms with van der Waals surface area (Å²) < 4.78 is 13.3. The summed E-state index contributed by atoms with van der Waals surface area (Å²) in [6, 6.07) is 6.12. The fourth-order valence-corrected chi connectivity index (χ4v) is 2.80. The van der Waals surface area contributed by atoms with Crippen molar-refractivity contribution in [1.29, 1.82) is 0 Å². The molecule has 0 saturated carbocycles. The highest BCUT2D eigenvalue weighted by atomic mass is 127. The Kier molecular flexibility index (Phi) is 11.5. The Morgan fingerprint density at radius 3 is 2.52 bits per heavy atom.